The highest BCUT2D eigenvalue weighted by Crippen LogP contribution is 2.22. The van der Waals surface area contributed by atoms with Gasteiger partial charge in [-0.15, -0.1) is 0 Å². The maximum absolute atomic E-state index is 12.4. The van der Waals surface area contributed by atoms with Crippen molar-refractivity contribution >= 4 is 11.9 Å². The summed E-state index contributed by atoms with van der Waals surface area (Å²) in [6, 6.07) is 6.93. The Morgan fingerprint density at radius 3 is 2.95 bits per heavy atom. The molecule has 1 amide bonds. The van der Waals surface area contributed by atoms with Crippen LogP contribution < -0.4 is 4.74 Å². The van der Waals surface area contributed by atoms with E-state index in [0.717, 1.165) is 11.3 Å². The molecule has 2 aliphatic rings. The molecule has 3 rings (SSSR count). The van der Waals surface area contributed by atoms with Crippen molar-refractivity contribution in [2.24, 2.45) is 0 Å². The molecule has 0 bridgehead atoms. The monoisotopic (exact) mass is 302 g/mol. The number of carbonyl (C=O) groups excluding carboxylic acids is 1. The molecule has 116 valence electrons. The average Bonchev–Trinajstić information content (AvgIpc) is 2.90. The molecule has 1 N–H and O–H groups in total. The third kappa shape index (κ3) is 2.96. The van der Waals surface area contributed by atoms with Gasteiger partial charge in [-0.05, 0) is 6.07 Å². The zero-order chi connectivity index (χ0) is 15.5. The van der Waals surface area contributed by atoms with Crippen LogP contribution in [-0.4, -0.2) is 59.1 Å². The first kappa shape index (κ1) is 14.6. The highest BCUT2D eigenvalue weighted by molar-refractivity contribution is 5.87. The second kappa shape index (κ2) is 6.19. The minimum absolute atomic E-state index is 0.170. The van der Waals surface area contributed by atoms with Gasteiger partial charge in [0.1, 0.15) is 18.4 Å². The smallest absolute Gasteiger partial charge is 0.330 e. The van der Waals surface area contributed by atoms with Gasteiger partial charge in [0.15, 0.2) is 0 Å². The summed E-state index contributed by atoms with van der Waals surface area (Å²) < 4.78 is 5.67. The summed E-state index contributed by atoms with van der Waals surface area (Å²) in [5, 5.41) is 9.13. The van der Waals surface area contributed by atoms with E-state index in [1.807, 2.05) is 29.2 Å². The first-order chi connectivity index (χ1) is 10.6. The third-order valence-electron chi connectivity index (χ3n) is 3.92. The van der Waals surface area contributed by atoms with E-state index in [1.165, 1.54) is 4.90 Å². The first-order valence-corrected chi connectivity index (χ1v) is 7.27. The maximum atomic E-state index is 12.4. The second-order valence-corrected chi connectivity index (χ2v) is 5.42. The molecule has 0 radical (unpaired) electrons. The first-order valence-electron chi connectivity index (χ1n) is 7.27. The molecular weight excluding hydrogens is 284 g/mol. The van der Waals surface area contributed by atoms with E-state index in [1.54, 1.807) is 12.2 Å². The van der Waals surface area contributed by atoms with Crippen molar-refractivity contribution in [1.82, 2.24) is 9.80 Å². The summed E-state index contributed by atoms with van der Waals surface area (Å²) >= 11 is 0. The van der Waals surface area contributed by atoms with E-state index in [2.05, 4.69) is 0 Å². The van der Waals surface area contributed by atoms with E-state index in [4.69, 9.17) is 9.84 Å². The normalized spacial score (nSPS) is 21.1. The van der Waals surface area contributed by atoms with Crippen LogP contribution in [-0.2, 0) is 16.1 Å². The fraction of sp³-hybridized carbons (Fsp3) is 0.375. The van der Waals surface area contributed by atoms with Crippen molar-refractivity contribution in [2.75, 3.05) is 26.2 Å². The lowest BCUT2D eigenvalue weighted by atomic mass is 10.2. The van der Waals surface area contributed by atoms with E-state index in [9.17, 15) is 9.59 Å². The number of aliphatic carboxylic acids is 1. The van der Waals surface area contributed by atoms with Crippen molar-refractivity contribution < 1.29 is 19.4 Å². The Morgan fingerprint density at radius 2 is 2.14 bits per heavy atom. The predicted octanol–water partition coefficient (Wildman–Crippen LogP) is 0.733. The Balaban J connectivity index is 1.66. The fourth-order valence-electron chi connectivity index (χ4n) is 2.79. The molecule has 1 aromatic carbocycles. The van der Waals surface area contributed by atoms with Crippen LogP contribution in [0.1, 0.15) is 5.56 Å². The van der Waals surface area contributed by atoms with E-state index < -0.39 is 12.0 Å². The lowest BCUT2D eigenvalue weighted by molar-refractivity contribution is -0.147. The van der Waals surface area contributed by atoms with Crippen LogP contribution in [0.25, 0.3) is 0 Å². The molecule has 6 heteroatoms. The Bertz CT molecular complexity index is 614. The number of carbonyl (C=O) groups is 2. The number of rotatable bonds is 3. The number of hydrogen-bond donors (Lipinski definition) is 1. The van der Waals surface area contributed by atoms with E-state index in [0.29, 0.717) is 26.2 Å². The van der Waals surface area contributed by atoms with Crippen LogP contribution >= 0.6 is 0 Å². The largest absolute Gasteiger partial charge is 0.492 e. The van der Waals surface area contributed by atoms with Gasteiger partial charge < -0.3 is 14.7 Å². The van der Waals surface area contributed by atoms with E-state index in [-0.39, 0.29) is 12.5 Å². The molecule has 0 saturated carbocycles. The van der Waals surface area contributed by atoms with Crippen molar-refractivity contribution in [2.45, 2.75) is 12.6 Å². The summed E-state index contributed by atoms with van der Waals surface area (Å²) in [5.74, 6) is -0.313. The lowest BCUT2D eigenvalue weighted by Crippen LogP contribution is -2.46. The summed E-state index contributed by atoms with van der Waals surface area (Å²) in [6.07, 6.45) is 3.28. The zero-order valence-corrected chi connectivity index (χ0v) is 12.1. The molecule has 0 unspecified atom stereocenters. The average molecular weight is 302 g/mol. The van der Waals surface area contributed by atoms with Crippen LogP contribution in [0.15, 0.2) is 36.4 Å². The molecular formula is C16H18N2O4. The number of carboxylic acids is 1. The van der Waals surface area contributed by atoms with Crippen LogP contribution in [0, 0.1) is 0 Å². The quantitative estimate of drug-likeness (QED) is 0.834. The van der Waals surface area contributed by atoms with Crippen molar-refractivity contribution in [3.63, 3.8) is 0 Å². The van der Waals surface area contributed by atoms with Gasteiger partial charge in [0.2, 0.25) is 5.91 Å². The molecule has 0 aromatic heterocycles. The number of benzene rings is 1. The van der Waals surface area contributed by atoms with Gasteiger partial charge in [-0.1, -0.05) is 30.4 Å². The third-order valence-corrected chi connectivity index (χ3v) is 3.92. The summed E-state index contributed by atoms with van der Waals surface area (Å²) in [5.41, 5.74) is 1.04. The highest BCUT2D eigenvalue weighted by atomic mass is 16.5. The van der Waals surface area contributed by atoms with Crippen LogP contribution in [0.2, 0.25) is 0 Å². The highest BCUT2D eigenvalue weighted by Gasteiger charge is 2.31. The van der Waals surface area contributed by atoms with Crippen molar-refractivity contribution in [3.05, 3.63) is 42.0 Å². The minimum Gasteiger partial charge on any atom is -0.492 e. The summed E-state index contributed by atoms with van der Waals surface area (Å²) in [6.45, 7) is 2.34. The number of hydrogen-bond acceptors (Lipinski definition) is 4. The summed E-state index contributed by atoms with van der Waals surface area (Å²) in [4.78, 5) is 26.9. The minimum atomic E-state index is -0.994. The molecule has 0 spiro atoms. The van der Waals surface area contributed by atoms with Gasteiger partial charge in [0.25, 0.3) is 0 Å². The van der Waals surface area contributed by atoms with Crippen LogP contribution in [0.3, 0.4) is 0 Å². The van der Waals surface area contributed by atoms with Crippen LogP contribution in [0.5, 0.6) is 5.75 Å². The molecule has 0 saturated heterocycles. The molecule has 2 aliphatic heterocycles. The standard InChI is InChI=1S/C16H18N2O4/c19-15(18-7-3-5-13(18)16(20)21)11-17-8-9-22-14-6-2-1-4-12(14)10-17/h1-6,13H,7-11H2,(H,20,21)/t13-/m1/s1. The second-order valence-electron chi connectivity index (χ2n) is 5.42. The lowest BCUT2D eigenvalue weighted by Gasteiger charge is -2.25. The molecule has 1 aromatic rings. The molecule has 1 atom stereocenters. The topological polar surface area (TPSA) is 70.1 Å². The molecule has 0 aliphatic carbocycles. The van der Waals surface area contributed by atoms with Crippen molar-refractivity contribution in [3.8, 4) is 5.75 Å². The number of nitrogens with zero attached hydrogens (tertiary/aromatic N) is 2. The molecule has 2 heterocycles. The fourth-order valence-corrected chi connectivity index (χ4v) is 2.79. The number of para-hydroxylation sites is 1. The number of carboxylic acid groups (broad SMARTS) is 1. The van der Waals surface area contributed by atoms with E-state index >= 15 is 0 Å². The van der Waals surface area contributed by atoms with Gasteiger partial charge in [-0.25, -0.2) is 4.79 Å². The molecule has 0 fully saturated rings. The number of ether oxygens (including phenoxy) is 1. The van der Waals surface area contributed by atoms with Gasteiger partial charge in [-0.3, -0.25) is 9.69 Å². The van der Waals surface area contributed by atoms with Gasteiger partial charge >= 0.3 is 5.97 Å². The number of amides is 1. The SMILES string of the molecule is O=C(O)[C@H]1C=CCN1C(=O)CN1CCOc2ccccc2C1. The van der Waals surface area contributed by atoms with Crippen LogP contribution in [0.4, 0.5) is 0 Å². The van der Waals surface area contributed by atoms with Crippen molar-refractivity contribution in [1.29, 1.82) is 0 Å². The van der Waals surface area contributed by atoms with Gasteiger partial charge in [-0.2, -0.15) is 0 Å². The molecule has 6 nitrogen and oxygen atoms in total. The zero-order valence-electron chi connectivity index (χ0n) is 12.1. The Kier molecular flexibility index (Phi) is 4.11. The number of fused-ring (bicyclic) bond motifs is 1. The molecule has 22 heavy (non-hydrogen) atoms. The maximum Gasteiger partial charge on any atom is 0.330 e. The Labute approximate surface area is 128 Å². The van der Waals surface area contributed by atoms with Gasteiger partial charge in [0, 0.05) is 25.2 Å². The predicted molar refractivity (Wildman–Crippen MR) is 79.5 cm³/mol. The Hall–Kier alpha value is -2.34. The summed E-state index contributed by atoms with van der Waals surface area (Å²) in [7, 11) is 0. The Morgan fingerprint density at radius 1 is 1.32 bits per heavy atom. The van der Waals surface area contributed by atoms with Gasteiger partial charge in [0.05, 0.1) is 6.54 Å².